The number of ether oxygens (including phenoxy) is 1. The Bertz CT molecular complexity index is 686. The van der Waals surface area contributed by atoms with Crippen molar-refractivity contribution in [2.75, 3.05) is 46.2 Å². The summed E-state index contributed by atoms with van der Waals surface area (Å²) >= 11 is 7.55. The van der Waals surface area contributed by atoms with Crippen molar-refractivity contribution in [1.29, 1.82) is 0 Å². The molecule has 7 heteroatoms. The Balaban J connectivity index is 2.34. The van der Waals surface area contributed by atoms with Gasteiger partial charge in [-0.3, -0.25) is 0 Å². The summed E-state index contributed by atoms with van der Waals surface area (Å²) in [7, 11) is 7.58. The Morgan fingerprint density at radius 2 is 1.88 bits per heavy atom. The van der Waals surface area contributed by atoms with E-state index in [-0.39, 0.29) is 12.5 Å². The van der Waals surface area contributed by atoms with Crippen LogP contribution < -0.4 is 8.86 Å². The standard InChI is InChI=1S/C17H23ClN3O2S/c1-19(2)9-10-20(3)17-15(13-5-7-14(18)8-6-13)11-21(24-17)12-16(22)23-4/h5-8,11H,9-10,12H2,1-4H3/q+1. The lowest BCUT2D eigenvalue weighted by atomic mass is 10.1. The van der Waals surface area contributed by atoms with Crippen molar-refractivity contribution < 1.29 is 13.5 Å². The van der Waals surface area contributed by atoms with E-state index >= 15 is 0 Å². The monoisotopic (exact) mass is 368 g/mol. The number of benzene rings is 1. The van der Waals surface area contributed by atoms with E-state index in [0.29, 0.717) is 5.02 Å². The molecule has 0 saturated heterocycles. The molecule has 0 aliphatic heterocycles. The molecule has 0 aliphatic rings. The van der Waals surface area contributed by atoms with Gasteiger partial charge >= 0.3 is 5.97 Å². The minimum atomic E-state index is -0.258. The molecule has 1 aromatic heterocycles. The van der Waals surface area contributed by atoms with E-state index in [1.165, 1.54) is 7.11 Å². The molecule has 0 radical (unpaired) electrons. The summed E-state index contributed by atoms with van der Waals surface area (Å²) in [6, 6.07) is 7.75. The first kappa shape index (κ1) is 18.7. The van der Waals surface area contributed by atoms with Gasteiger partial charge in [0.1, 0.15) is 0 Å². The average molecular weight is 369 g/mol. The van der Waals surface area contributed by atoms with Crippen LogP contribution in [0.3, 0.4) is 0 Å². The molecule has 1 heterocycles. The highest BCUT2D eigenvalue weighted by Gasteiger charge is 2.23. The number of likely N-dealkylation sites (N-methyl/N-ethyl adjacent to an activating group) is 2. The Morgan fingerprint density at radius 3 is 2.46 bits per heavy atom. The van der Waals surface area contributed by atoms with Crippen LogP contribution in [-0.4, -0.2) is 52.2 Å². The molecule has 0 N–H and O–H groups in total. The fourth-order valence-electron chi connectivity index (χ4n) is 2.21. The maximum Gasteiger partial charge on any atom is 0.373 e. The SMILES string of the molecule is COC(=O)C[n+]1cc(-c2ccc(Cl)cc2)c(N(C)CCN(C)C)s1. The summed E-state index contributed by atoms with van der Waals surface area (Å²) in [6.07, 6.45) is 1.99. The van der Waals surface area contributed by atoms with Crippen LogP contribution in [0.4, 0.5) is 5.00 Å². The third-order valence-corrected chi connectivity index (χ3v) is 5.03. The maximum atomic E-state index is 11.6. The summed E-state index contributed by atoms with van der Waals surface area (Å²) in [4.78, 5) is 16.0. The minimum absolute atomic E-state index is 0.212. The topological polar surface area (TPSA) is 36.7 Å². The van der Waals surface area contributed by atoms with Crippen molar-refractivity contribution in [3.05, 3.63) is 35.5 Å². The zero-order valence-electron chi connectivity index (χ0n) is 14.5. The van der Waals surface area contributed by atoms with E-state index in [0.717, 1.165) is 29.2 Å². The average Bonchev–Trinajstić information content (AvgIpc) is 2.97. The molecule has 0 aliphatic carbocycles. The van der Waals surface area contributed by atoms with Gasteiger partial charge in [-0.1, -0.05) is 23.7 Å². The number of hydrogen-bond acceptors (Lipinski definition) is 5. The maximum absolute atomic E-state index is 11.6. The first-order chi connectivity index (χ1) is 11.4. The van der Waals surface area contributed by atoms with Crippen molar-refractivity contribution in [1.82, 2.24) is 4.90 Å². The lowest BCUT2D eigenvalue weighted by molar-refractivity contribution is -0.616. The van der Waals surface area contributed by atoms with Gasteiger partial charge in [0.05, 0.1) is 12.7 Å². The first-order valence-electron chi connectivity index (χ1n) is 7.63. The van der Waals surface area contributed by atoms with Gasteiger partial charge in [0.25, 0.3) is 6.54 Å². The number of anilines is 1. The number of carbonyl (C=O) groups is 1. The third-order valence-electron chi connectivity index (χ3n) is 3.60. The molecule has 2 rings (SSSR count). The highest BCUT2D eigenvalue weighted by molar-refractivity contribution is 7.07. The van der Waals surface area contributed by atoms with Crippen LogP contribution in [0.2, 0.25) is 5.02 Å². The predicted octanol–water partition coefficient (Wildman–Crippen LogP) is 2.53. The normalized spacial score (nSPS) is 10.9. The van der Waals surface area contributed by atoms with Crippen molar-refractivity contribution >= 4 is 34.1 Å². The van der Waals surface area contributed by atoms with Crippen LogP contribution in [0.5, 0.6) is 0 Å². The van der Waals surface area contributed by atoms with Gasteiger partial charge in [-0.05, 0) is 31.8 Å². The molecule has 5 nitrogen and oxygen atoms in total. The van der Waals surface area contributed by atoms with E-state index in [1.54, 1.807) is 11.5 Å². The van der Waals surface area contributed by atoms with Gasteiger partial charge < -0.3 is 14.5 Å². The predicted molar refractivity (Wildman–Crippen MR) is 98.8 cm³/mol. The van der Waals surface area contributed by atoms with E-state index < -0.39 is 0 Å². The Labute approximate surface area is 152 Å². The lowest BCUT2D eigenvalue weighted by Gasteiger charge is -2.19. The number of nitrogens with zero attached hydrogens (tertiary/aromatic N) is 3. The van der Waals surface area contributed by atoms with Crippen LogP contribution in [0.15, 0.2) is 30.5 Å². The molecule has 0 amide bonds. The van der Waals surface area contributed by atoms with E-state index in [4.69, 9.17) is 16.3 Å². The zero-order chi connectivity index (χ0) is 17.7. The fourth-order valence-corrected chi connectivity index (χ4v) is 3.39. The molecular formula is C17H23ClN3O2S+. The van der Waals surface area contributed by atoms with Crippen LogP contribution >= 0.6 is 23.1 Å². The molecule has 1 aromatic carbocycles. The molecule has 0 atom stereocenters. The van der Waals surface area contributed by atoms with Gasteiger partial charge in [-0.15, -0.1) is 3.96 Å². The minimum Gasteiger partial charge on any atom is -0.464 e. The first-order valence-corrected chi connectivity index (χ1v) is 8.78. The molecule has 0 fully saturated rings. The highest BCUT2D eigenvalue weighted by Crippen LogP contribution is 2.33. The smallest absolute Gasteiger partial charge is 0.373 e. The zero-order valence-corrected chi connectivity index (χ0v) is 16.0. The van der Waals surface area contributed by atoms with Crippen molar-refractivity contribution in [2.24, 2.45) is 0 Å². The van der Waals surface area contributed by atoms with Gasteiger partial charge in [0, 0.05) is 25.2 Å². The van der Waals surface area contributed by atoms with Crippen molar-refractivity contribution in [2.45, 2.75) is 6.54 Å². The number of methoxy groups -OCH3 is 1. The van der Waals surface area contributed by atoms with Gasteiger partial charge in [0.15, 0.2) is 22.7 Å². The van der Waals surface area contributed by atoms with Gasteiger partial charge in [-0.2, -0.15) is 0 Å². The van der Waals surface area contributed by atoms with E-state index in [1.807, 2.05) is 34.4 Å². The quantitative estimate of drug-likeness (QED) is 0.556. The number of aromatic nitrogens is 1. The van der Waals surface area contributed by atoms with Crippen LogP contribution in [0.25, 0.3) is 11.1 Å². The van der Waals surface area contributed by atoms with Crippen molar-refractivity contribution in [3.63, 3.8) is 0 Å². The van der Waals surface area contributed by atoms with Gasteiger partial charge in [0.2, 0.25) is 0 Å². The molecule has 0 unspecified atom stereocenters. The van der Waals surface area contributed by atoms with E-state index in [9.17, 15) is 4.79 Å². The fraction of sp³-hybridized carbons (Fsp3) is 0.412. The number of hydrogen-bond donors (Lipinski definition) is 0. The Morgan fingerprint density at radius 1 is 1.21 bits per heavy atom. The Kier molecular flexibility index (Phi) is 6.60. The number of halogens is 1. The van der Waals surface area contributed by atoms with E-state index in [2.05, 4.69) is 30.9 Å². The summed E-state index contributed by atoms with van der Waals surface area (Å²) in [5.41, 5.74) is 2.16. The number of rotatable bonds is 7. The second-order valence-electron chi connectivity index (χ2n) is 5.82. The second-order valence-corrected chi connectivity index (χ2v) is 7.30. The van der Waals surface area contributed by atoms with Crippen molar-refractivity contribution in [3.8, 4) is 11.1 Å². The molecule has 0 saturated carbocycles. The van der Waals surface area contributed by atoms with Crippen LogP contribution in [0, 0.1) is 0 Å². The molecule has 0 bridgehead atoms. The third kappa shape index (κ3) is 4.93. The van der Waals surface area contributed by atoms with Crippen LogP contribution in [-0.2, 0) is 16.1 Å². The summed E-state index contributed by atoms with van der Waals surface area (Å²) in [5, 5.41) is 1.82. The second kappa shape index (κ2) is 8.46. The summed E-state index contributed by atoms with van der Waals surface area (Å²) in [6.45, 7) is 2.06. The molecular weight excluding hydrogens is 346 g/mol. The molecule has 24 heavy (non-hydrogen) atoms. The van der Waals surface area contributed by atoms with Gasteiger partial charge in [-0.25, -0.2) is 4.79 Å². The largest absolute Gasteiger partial charge is 0.464 e. The summed E-state index contributed by atoms with van der Waals surface area (Å²) in [5.74, 6) is -0.258. The number of esters is 1. The van der Waals surface area contributed by atoms with Crippen LogP contribution in [0.1, 0.15) is 0 Å². The molecule has 2 aromatic rings. The summed E-state index contributed by atoms with van der Waals surface area (Å²) < 4.78 is 6.67. The molecule has 0 spiro atoms. The molecule has 130 valence electrons. The Hall–Kier alpha value is -1.63. The number of carbonyl (C=O) groups excluding carboxylic acids is 1. The lowest BCUT2D eigenvalue weighted by Crippen LogP contribution is -2.33. The highest BCUT2D eigenvalue weighted by atomic mass is 35.5.